The van der Waals surface area contributed by atoms with Gasteiger partial charge in [0.1, 0.15) is 5.75 Å². The van der Waals surface area contributed by atoms with E-state index in [9.17, 15) is 13.2 Å². The van der Waals surface area contributed by atoms with Crippen molar-refractivity contribution in [1.82, 2.24) is 24.8 Å². The Morgan fingerprint density at radius 3 is 2.47 bits per heavy atom. The molecule has 11 heteroatoms. The first-order valence-electron chi connectivity index (χ1n) is 11.7. The Bertz CT molecular complexity index is 1320. The molecular formula is C25H30N6O4S. The lowest BCUT2D eigenvalue weighted by Gasteiger charge is -2.35. The molecule has 0 radical (unpaired) electrons. The molecule has 2 aromatic heterocycles. The number of hydrogen-bond donors (Lipinski definition) is 1. The molecule has 3 aromatic rings. The van der Waals surface area contributed by atoms with Crippen molar-refractivity contribution >= 4 is 21.7 Å². The second-order valence-electron chi connectivity index (χ2n) is 8.73. The number of nitrogens with one attached hydrogen (secondary N) is 1. The van der Waals surface area contributed by atoms with Gasteiger partial charge >= 0.3 is 0 Å². The minimum atomic E-state index is -3.65. The Balaban J connectivity index is 1.33. The van der Waals surface area contributed by atoms with Gasteiger partial charge in [0.2, 0.25) is 10.0 Å². The Morgan fingerprint density at radius 1 is 1.06 bits per heavy atom. The monoisotopic (exact) mass is 510 g/mol. The summed E-state index contributed by atoms with van der Waals surface area (Å²) in [5.41, 5.74) is 4.59. The molecule has 1 amide bonds. The van der Waals surface area contributed by atoms with Crippen molar-refractivity contribution in [2.75, 3.05) is 43.9 Å². The summed E-state index contributed by atoms with van der Waals surface area (Å²) in [6.07, 6.45) is 4.50. The van der Waals surface area contributed by atoms with E-state index in [1.165, 1.54) is 17.2 Å². The second-order valence-corrected chi connectivity index (χ2v) is 10.5. The number of carbonyl (C=O) groups excluding carboxylic acids is 1. The van der Waals surface area contributed by atoms with Gasteiger partial charge in [0.15, 0.2) is 11.5 Å². The van der Waals surface area contributed by atoms with Crippen molar-refractivity contribution < 1.29 is 17.9 Å². The van der Waals surface area contributed by atoms with Crippen LogP contribution in [-0.4, -0.2) is 73.4 Å². The molecule has 36 heavy (non-hydrogen) atoms. The second kappa shape index (κ2) is 11.0. The number of benzene rings is 1. The van der Waals surface area contributed by atoms with Gasteiger partial charge in [-0.2, -0.15) is 0 Å². The Morgan fingerprint density at radius 2 is 1.83 bits per heavy atom. The molecule has 0 aliphatic carbocycles. The van der Waals surface area contributed by atoms with Gasteiger partial charge in [-0.25, -0.2) is 13.1 Å². The lowest BCUT2D eigenvalue weighted by Crippen LogP contribution is -2.46. The molecule has 1 N–H and O–H groups in total. The van der Waals surface area contributed by atoms with Gasteiger partial charge < -0.3 is 9.64 Å². The topological polar surface area (TPSA) is 118 Å². The predicted octanol–water partition coefficient (Wildman–Crippen LogP) is 2.26. The predicted molar refractivity (Wildman–Crippen MR) is 137 cm³/mol. The molecule has 10 nitrogen and oxygen atoms in total. The normalized spacial score (nSPS) is 14.5. The number of amides is 1. The summed E-state index contributed by atoms with van der Waals surface area (Å²) in [6.45, 7) is 8.80. The van der Waals surface area contributed by atoms with E-state index in [0.717, 1.165) is 55.9 Å². The van der Waals surface area contributed by atoms with E-state index in [1.807, 2.05) is 23.9 Å². The highest BCUT2D eigenvalue weighted by Crippen LogP contribution is 2.27. The smallest absolute Gasteiger partial charge is 0.285 e. The van der Waals surface area contributed by atoms with Gasteiger partial charge in [0.05, 0.1) is 19.1 Å². The van der Waals surface area contributed by atoms with Gasteiger partial charge in [-0.1, -0.05) is 18.2 Å². The standard InChI is InChI=1S/C25H30N6O4S/c1-4-35-21-14-20(15-26-16-21)22-6-5-19(13-18(22)2)17-30-9-11-31(12-10-30)24-8-7-23(27-28-24)25(32)29-36(3,33)34/h5-8,13-16H,4,9-12,17H2,1-3H3,(H,29,32). The van der Waals surface area contributed by atoms with Crippen molar-refractivity contribution in [3.8, 4) is 16.9 Å². The fraction of sp³-hybridized carbons (Fsp3) is 0.360. The van der Waals surface area contributed by atoms with Crippen molar-refractivity contribution in [2.24, 2.45) is 0 Å². The molecule has 1 aromatic carbocycles. The number of piperazine rings is 1. The fourth-order valence-corrected chi connectivity index (χ4v) is 4.63. The molecule has 0 atom stereocenters. The van der Waals surface area contributed by atoms with E-state index in [0.29, 0.717) is 12.4 Å². The van der Waals surface area contributed by atoms with Crippen LogP contribution in [0.4, 0.5) is 5.82 Å². The Kier molecular flexibility index (Phi) is 7.80. The third kappa shape index (κ3) is 6.55. The first kappa shape index (κ1) is 25.5. The maximum Gasteiger partial charge on any atom is 0.285 e. The number of carbonyl (C=O) groups is 1. The number of pyridine rings is 1. The zero-order chi connectivity index (χ0) is 25.7. The number of hydrogen-bond acceptors (Lipinski definition) is 9. The Labute approximate surface area is 211 Å². The molecule has 0 bridgehead atoms. The van der Waals surface area contributed by atoms with Crippen molar-refractivity contribution in [2.45, 2.75) is 20.4 Å². The number of rotatable bonds is 8. The van der Waals surface area contributed by atoms with Crippen LogP contribution in [0.1, 0.15) is 28.5 Å². The average Bonchev–Trinajstić information content (AvgIpc) is 2.84. The van der Waals surface area contributed by atoms with E-state index in [2.05, 4.69) is 50.1 Å². The van der Waals surface area contributed by atoms with Crippen LogP contribution in [0.25, 0.3) is 11.1 Å². The van der Waals surface area contributed by atoms with Crippen LogP contribution in [0.2, 0.25) is 0 Å². The van der Waals surface area contributed by atoms with E-state index in [1.54, 1.807) is 12.3 Å². The van der Waals surface area contributed by atoms with Crippen LogP contribution in [0.3, 0.4) is 0 Å². The highest BCUT2D eigenvalue weighted by Gasteiger charge is 2.20. The first-order chi connectivity index (χ1) is 17.2. The number of sulfonamides is 1. The van der Waals surface area contributed by atoms with Crippen molar-refractivity contribution in [3.63, 3.8) is 0 Å². The lowest BCUT2D eigenvalue weighted by molar-refractivity contribution is 0.0976. The van der Waals surface area contributed by atoms with Crippen molar-refractivity contribution in [1.29, 1.82) is 0 Å². The number of aromatic nitrogens is 3. The SMILES string of the molecule is CCOc1cncc(-c2ccc(CN3CCN(c4ccc(C(=O)NS(C)(=O)=O)nn4)CC3)cc2C)c1. The maximum absolute atomic E-state index is 11.9. The van der Waals surface area contributed by atoms with Crippen LogP contribution in [-0.2, 0) is 16.6 Å². The molecule has 1 saturated heterocycles. The van der Waals surface area contributed by atoms with E-state index in [-0.39, 0.29) is 5.69 Å². The zero-order valence-corrected chi connectivity index (χ0v) is 21.5. The minimum absolute atomic E-state index is 0.0398. The molecule has 1 fully saturated rings. The molecular weight excluding hydrogens is 480 g/mol. The van der Waals surface area contributed by atoms with Gasteiger partial charge in [-0.3, -0.25) is 14.7 Å². The summed E-state index contributed by atoms with van der Waals surface area (Å²) in [4.78, 5) is 20.7. The summed E-state index contributed by atoms with van der Waals surface area (Å²) in [6, 6.07) is 11.7. The first-order valence-corrected chi connectivity index (χ1v) is 13.6. The summed E-state index contributed by atoms with van der Waals surface area (Å²) < 4.78 is 29.9. The highest BCUT2D eigenvalue weighted by molar-refractivity contribution is 7.89. The summed E-state index contributed by atoms with van der Waals surface area (Å²) in [5, 5.41) is 8.01. The number of anilines is 1. The third-order valence-corrected chi connectivity index (χ3v) is 6.45. The molecule has 0 spiro atoms. The molecule has 3 heterocycles. The number of aryl methyl sites for hydroxylation is 1. The zero-order valence-electron chi connectivity index (χ0n) is 20.6. The molecule has 4 rings (SSSR count). The van der Waals surface area contributed by atoms with E-state index >= 15 is 0 Å². The van der Waals surface area contributed by atoms with Gasteiger partial charge in [-0.15, -0.1) is 10.2 Å². The van der Waals surface area contributed by atoms with Gasteiger partial charge in [-0.05, 0) is 48.7 Å². The average molecular weight is 511 g/mol. The molecule has 0 saturated carbocycles. The summed E-state index contributed by atoms with van der Waals surface area (Å²) in [7, 11) is -3.65. The van der Waals surface area contributed by atoms with Crippen LogP contribution >= 0.6 is 0 Å². The summed E-state index contributed by atoms with van der Waals surface area (Å²) >= 11 is 0. The fourth-order valence-electron chi connectivity index (χ4n) is 4.19. The van der Waals surface area contributed by atoms with Crippen LogP contribution in [0.5, 0.6) is 5.75 Å². The minimum Gasteiger partial charge on any atom is -0.492 e. The largest absolute Gasteiger partial charge is 0.492 e. The summed E-state index contributed by atoms with van der Waals surface area (Å²) in [5.74, 6) is 0.641. The molecule has 1 aliphatic rings. The van der Waals surface area contributed by atoms with E-state index < -0.39 is 15.9 Å². The maximum atomic E-state index is 11.9. The van der Waals surface area contributed by atoms with Crippen LogP contribution in [0.15, 0.2) is 48.8 Å². The highest BCUT2D eigenvalue weighted by atomic mass is 32.2. The van der Waals surface area contributed by atoms with Gasteiger partial charge in [0.25, 0.3) is 5.91 Å². The van der Waals surface area contributed by atoms with Crippen molar-refractivity contribution in [3.05, 3.63) is 65.6 Å². The van der Waals surface area contributed by atoms with E-state index in [4.69, 9.17) is 4.74 Å². The Hall–Kier alpha value is -3.57. The molecule has 190 valence electrons. The lowest BCUT2D eigenvalue weighted by atomic mass is 9.99. The molecule has 0 unspecified atom stereocenters. The molecule has 1 aliphatic heterocycles. The van der Waals surface area contributed by atoms with Crippen LogP contribution < -0.4 is 14.4 Å². The van der Waals surface area contributed by atoms with Gasteiger partial charge in [0, 0.05) is 44.5 Å². The van der Waals surface area contributed by atoms with Crippen LogP contribution in [0, 0.1) is 6.92 Å². The third-order valence-electron chi connectivity index (χ3n) is 5.89. The quantitative estimate of drug-likeness (QED) is 0.487. The number of ether oxygens (including phenoxy) is 1. The number of nitrogens with zero attached hydrogens (tertiary/aromatic N) is 5.